The fraction of sp³-hybridized carbons (Fsp3) is 0.263. The highest BCUT2D eigenvalue weighted by Gasteiger charge is 2.27. The molecule has 2 amide bonds. The summed E-state index contributed by atoms with van der Waals surface area (Å²) >= 11 is 0. The first-order valence-electron chi connectivity index (χ1n) is 8.29. The first-order chi connectivity index (χ1) is 12.1. The maximum atomic E-state index is 12.7. The Morgan fingerprint density at radius 3 is 3.04 bits per heavy atom. The highest BCUT2D eigenvalue weighted by molar-refractivity contribution is 6.09. The Morgan fingerprint density at radius 2 is 2.16 bits per heavy atom. The zero-order chi connectivity index (χ0) is 17.4. The van der Waals surface area contributed by atoms with E-state index in [4.69, 9.17) is 9.47 Å². The van der Waals surface area contributed by atoms with Gasteiger partial charge >= 0.3 is 0 Å². The largest absolute Gasteiger partial charge is 0.493 e. The van der Waals surface area contributed by atoms with Gasteiger partial charge in [0.15, 0.2) is 11.9 Å². The van der Waals surface area contributed by atoms with Crippen LogP contribution < -0.4 is 20.1 Å². The molecule has 2 aromatic rings. The van der Waals surface area contributed by atoms with Crippen LogP contribution in [0.4, 0.5) is 11.4 Å². The zero-order valence-electron chi connectivity index (χ0n) is 13.8. The third kappa shape index (κ3) is 2.91. The lowest BCUT2D eigenvalue weighted by molar-refractivity contribution is -0.122. The van der Waals surface area contributed by atoms with Crippen LogP contribution in [0.2, 0.25) is 0 Å². The van der Waals surface area contributed by atoms with Crippen LogP contribution in [0.1, 0.15) is 29.3 Å². The van der Waals surface area contributed by atoms with E-state index < -0.39 is 6.10 Å². The number of aryl methyl sites for hydroxylation is 1. The molecule has 2 N–H and O–H groups in total. The van der Waals surface area contributed by atoms with E-state index in [0.717, 1.165) is 30.8 Å². The van der Waals surface area contributed by atoms with Crippen LogP contribution in [0.15, 0.2) is 36.4 Å². The second-order valence-electron chi connectivity index (χ2n) is 6.16. The molecule has 1 unspecified atom stereocenters. The zero-order valence-corrected chi connectivity index (χ0v) is 13.8. The van der Waals surface area contributed by atoms with Crippen molar-refractivity contribution >= 4 is 23.2 Å². The lowest BCUT2D eigenvalue weighted by atomic mass is 10.1. The van der Waals surface area contributed by atoms with E-state index in [0.29, 0.717) is 22.7 Å². The summed E-state index contributed by atoms with van der Waals surface area (Å²) < 4.78 is 11.2. The van der Waals surface area contributed by atoms with Crippen LogP contribution in [0.25, 0.3) is 0 Å². The van der Waals surface area contributed by atoms with Gasteiger partial charge in [-0.1, -0.05) is 6.07 Å². The second-order valence-corrected chi connectivity index (χ2v) is 6.16. The first kappa shape index (κ1) is 15.5. The van der Waals surface area contributed by atoms with Crippen molar-refractivity contribution in [2.45, 2.75) is 25.9 Å². The Balaban J connectivity index is 1.60. The summed E-state index contributed by atoms with van der Waals surface area (Å²) in [6.45, 7) is 2.38. The maximum absolute atomic E-state index is 12.7. The number of hydrogen-bond acceptors (Lipinski definition) is 4. The number of carbonyl (C=O) groups is 2. The van der Waals surface area contributed by atoms with Crippen LogP contribution in [-0.2, 0) is 11.2 Å². The molecule has 25 heavy (non-hydrogen) atoms. The van der Waals surface area contributed by atoms with Gasteiger partial charge in [-0.05, 0) is 55.7 Å². The van der Waals surface area contributed by atoms with Gasteiger partial charge < -0.3 is 20.1 Å². The van der Waals surface area contributed by atoms with E-state index in [1.54, 1.807) is 25.1 Å². The van der Waals surface area contributed by atoms with E-state index in [1.807, 2.05) is 18.2 Å². The normalized spacial score (nSPS) is 18.1. The van der Waals surface area contributed by atoms with Gasteiger partial charge in [-0.2, -0.15) is 0 Å². The molecule has 0 saturated heterocycles. The van der Waals surface area contributed by atoms with Gasteiger partial charge in [-0.3, -0.25) is 9.59 Å². The molecule has 2 aliphatic heterocycles. The van der Waals surface area contributed by atoms with Gasteiger partial charge in [0.2, 0.25) is 0 Å². The van der Waals surface area contributed by atoms with Crippen LogP contribution in [0.5, 0.6) is 11.5 Å². The number of fused-ring (bicyclic) bond motifs is 2. The predicted octanol–water partition coefficient (Wildman–Crippen LogP) is 2.98. The molecule has 0 aromatic heterocycles. The molecule has 0 spiro atoms. The van der Waals surface area contributed by atoms with Crippen LogP contribution in [0, 0.1) is 0 Å². The van der Waals surface area contributed by atoms with Crippen molar-refractivity contribution < 1.29 is 19.1 Å². The fourth-order valence-corrected chi connectivity index (χ4v) is 3.04. The Hall–Kier alpha value is -3.02. The van der Waals surface area contributed by atoms with Crippen molar-refractivity contribution in [3.8, 4) is 11.5 Å². The monoisotopic (exact) mass is 338 g/mol. The predicted molar refractivity (Wildman–Crippen MR) is 93.4 cm³/mol. The number of rotatable bonds is 2. The molecule has 0 radical (unpaired) electrons. The van der Waals surface area contributed by atoms with Crippen molar-refractivity contribution in [2.75, 3.05) is 17.2 Å². The SMILES string of the molecule is CC1Oc2c(cccc2C(=O)Nc2ccc3c(c2)CCCO3)NC1=O. The Labute approximate surface area is 145 Å². The quantitative estimate of drug-likeness (QED) is 0.882. The molecule has 6 heteroatoms. The highest BCUT2D eigenvalue weighted by atomic mass is 16.5. The topological polar surface area (TPSA) is 76.7 Å². The standard InChI is InChI=1S/C19H18N2O4/c1-11-18(22)21-15-6-2-5-14(17(15)25-11)19(23)20-13-7-8-16-12(10-13)4-3-9-24-16/h2,5-8,10-11H,3-4,9H2,1H3,(H,20,23)(H,21,22). The Kier molecular flexibility index (Phi) is 3.80. The number of nitrogens with one attached hydrogen (secondary N) is 2. The average Bonchev–Trinajstić information content (AvgIpc) is 2.62. The summed E-state index contributed by atoms with van der Waals surface area (Å²) in [5, 5.41) is 5.65. The third-order valence-corrected chi connectivity index (χ3v) is 4.35. The summed E-state index contributed by atoms with van der Waals surface area (Å²) in [5.74, 6) is 0.770. The van der Waals surface area contributed by atoms with Crippen LogP contribution in [-0.4, -0.2) is 24.5 Å². The third-order valence-electron chi connectivity index (χ3n) is 4.35. The maximum Gasteiger partial charge on any atom is 0.265 e. The van der Waals surface area contributed by atoms with Crippen molar-refractivity contribution in [1.82, 2.24) is 0 Å². The highest BCUT2D eigenvalue weighted by Crippen LogP contribution is 2.34. The molecular weight excluding hydrogens is 320 g/mol. The van der Waals surface area contributed by atoms with E-state index in [9.17, 15) is 9.59 Å². The second kappa shape index (κ2) is 6.12. The molecule has 6 nitrogen and oxygen atoms in total. The number of hydrogen-bond donors (Lipinski definition) is 2. The van der Waals surface area contributed by atoms with E-state index in [2.05, 4.69) is 10.6 Å². The van der Waals surface area contributed by atoms with E-state index >= 15 is 0 Å². The van der Waals surface area contributed by atoms with Crippen molar-refractivity contribution in [3.05, 3.63) is 47.5 Å². The molecule has 1 atom stereocenters. The number of amides is 2. The molecule has 4 rings (SSSR count). The van der Waals surface area contributed by atoms with E-state index in [1.165, 1.54) is 0 Å². The molecule has 2 aliphatic rings. The Bertz CT molecular complexity index is 862. The summed E-state index contributed by atoms with van der Waals surface area (Å²) in [6.07, 6.45) is 1.27. The number of benzene rings is 2. The van der Waals surface area contributed by atoms with Gasteiger partial charge in [0.25, 0.3) is 11.8 Å². The fourth-order valence-electron chi connectivity index (χ4n) is 3.04. The lowest BCUT2D eigenvalue weighted by Crippen LogP contribution is -2.35. The van der Waals surface area contributed by atoms with Gasteiger partial charge in [-0.25, -0.2) is 0 Å². The molecule has 0 saturated carbocycles. The van der Waals surface area contributed by atoms with Gasteiger partial charge in [0.1, 0.15) is 5.75 Å². The van der Waals surface area contributed by atoms with Crippen molar-refractivity contribution in [3.63, 3.8) is 0 Å². The first-order valence-corrected chi connectivity index (χ1v) is 8.29. The smallest absolute Gasteiger partial charge is 0.265 e. The van der Waals surface area contributed by atoms with Crippen LogP contribution in [0.3, 0.4) is 0 Å². The minimum Gasteiger partial charge on any atom is -0.493 e. The number of anilines is 2. The van der Waals surface area contributed by atoms with Gasteiger partial charge in [-0.15, -0.1) is 0 Å². The summed E-state index contributed by atoms with van der Waals surface area (Å²) in [5.41, 5.74) is 2.70. The molecule has 0 aliphatic carbocycles. The van der Waals surface area contributed by atoms with Crippen molar-refractivity contribution in [2.24, 2.45) is 0 Å². The Morgan fingerprint density at radius 1 is 1.28 bits per heavy atom. The minimum absolute atomic E-state index is 0.222. The number of ether oxygens (including phenoxy) is 2. The molecule has 0 bridgehead atoms. The van der Waals surface area contributed by atoms with Gasteiger partial charge in [0.05, 0.1) is 17.9 Å². The lowest BCUT2D eigenvalue weighted by Gasteiger charge is -2.25. The summed E-state index contributed by atoms with van der Waals surface area (Å²) in [6, 6.07) is 10.7. The number of carbonyl (C=O) groups excluding carboxylic acids is 2. The number of para-hydroxylation sites is 1. The molecular formula is C19H18N2O4. The average molecular weight is 338 g/mol. The van der Waals surface area contributed by atoms with Crippen molar-refractivity contribution in [1.29, 1.82) is 0 Å². The molecule has 0 fully saturated rings. The van der Waals surface area contributed by atoms with E-state index in [-0.39, 0.29) is 11.8 Å². The van der Waals surface area contributed by atoms with Crippen LogP contribution >= 0.6 is 0 Å². The summed E-state index contributed by atoms with van der Waals surface area (Å²) in [4.78, 5) is 24.4. The molecule has 128 valence electrons. The van der Waals surface area contributed by atoms with Gasteiger partial charge in [0, 0.05) is 5.69 Å². The molecule has 2 heterocycles. The minimum atomic E-state index is -0.637. The summed E-state index contributed by atoms with van der Waals surface area (Å²) in [7, 11) is 0. The molecule has 2 aromatic carbocycles.